The maximum absolute atomic E-state index is 6.12. The number of para-hydroxylation sites is 2. The second-order valence-corrected chi connectivity index (χ2v) is 6.66. The van der Waals surface area contributed by atoms with Crippen LogP contribution in [-0.2, 0) is 0 Å². The number of anilines is 1. The van der Waals surface area contributed by atoms with Gasteiger partial charge in [0.2, 0.25) is 0 Å². The van der Waals surface area contributed by atoms with Crippen molar-refractivity contribution in [2.24, 2.45) is 5.92 Å². The van der Waals surface area contributed by atoms with Crippen LogP contribution in [0.15, 0.2) is 24.3 Å². The Kier molecular flexibility index (Phi) is 3.74. The summed E-state index contributed by atoms with van der Waals surface area (Å²) in [7, 11) is 0. The monoisotopic (exact) mass is 287 g/mol. The van der Waals surface area contributed by atoms with Crippen molar-refractivity contribution in [3.8, 4) is 5.75 Å². The number of rotatable bonds is 4. The SMILES string of the molecule is c1ccc2c(c1)NCC(CN1CCN(CC3CC3)CC1)O2. The normalized spacial score (nSPS) is 26.8. The van der Waals surface area contributed by atoms with Crippen LogP contribution in [0.3, 0.4) is 0 Å². The van der Waals surface area contributed by atoms with Gasteiger partial charge in [-0.2, -0.15) is 0 Å². The summed E-state index contributed by atoms with van der Waals surface area (Å²) in [6.07, 6.45) is 3.19. The molecule has 4 nitrogen and oxygen atoms in total. The van der Waals surface area contributed by atoms with Gasteiger partial charge in [0.25, 0.3) is 0 Å². The van der Waals surface area contributed by atoms with Crippen LogP contribution in [0.2, 0.25) is 0 Å². The fourth-order valence-electron chi connectivity index (χ4n) is 3.37. The molecule has 0 aromatic heterocycles. The summed E-state index contributed by atoms with van der Waals surface area (Å²) in [6.45, 7) is 8.13. The highest BCUT2D eigenvalue weighted by Crippen LogP contribution is 2.30. The number of nitrogens with zero attached hydrogens (tertiary/aromatic N) is 2. The van der Waals surface area contributed by atoms with Gasteiger partial charge < -0.3 is 15.0 Å². The van der Waals surface area contributed by atoms with Gasteiger partial charge in [-0.15, -0.1) is 0 Å². The lowest BCUT2D eigenvalue weighted by atomic mass is 10.2. The molecular weight excluding hydrogens is 262 g/mol. The molecule has 1 aliphatic carbocycles. The predicted molar refractivity (Wildman–Crippen MR) is 85.0 cm³/mol. The van der Waals surface area contributed by atoms with E-state index in [1.807, 2.05) is 6.07 Å². The molecule has 0 amide bonds. The van der Waals surface area contributed by atoms with Crippen molar-refractivity contribution >= 4 is 5.69 Å². The third-order valence-corrected chi connectivity index (χ3v) is 4.84. The summed E-state index contributed by atoms with van der Waals surface area (Å²) in [5.41, 5.74) is 1.13. The number of benzene rings is 1. The molecule has 1 aromatic rings. The van der Waals surface area contributed by atoms with E-state index in [0.29, 0.717) is 0 Å². The van der Waals surface area contributed by atoms with Gasteiger partial charge in [0.1, 0.15) is 11.9 Å². The van der Waals surface area contributed by atoms with Crippen LogP contribution < -0.4 is 10.1 Å². The summed E-state index contributed by atoms with van der Waals surface area (Å²) in [5.74, 6) is 2.01. The van der Waals surface area contributed by atoms with Crippen molar-refractivity contribution in [1.29, 1.82) is 0 Å². The molecule has 1 N–H and O–H groups in total. The van der Waals surface area contributed by atoms with Crippen LogP contribution in [0.1, 0.15) is 12.8 Å². The fraction of sp³-hybridized carbons (Fsp3) is 0.647. The number of piperazine rings is 1. The Morgan fingerprint density at radius 2 is 1.71 bits per heavy atom. The van der Waals surface area contributed by atoms with E-state index >= 15 is 0 Å². The molecule has 4 heteroatoms. The minimum atomic E-state index is 0.273. The summed E-state index contributed by atoms with van der Waals surface area (Å²) in [6, 6.07) is 8.23. The predicted octanol–water partition coefficient (Wildman–Crippen LogP) is 1.89. The molecule has 1 atom stereocenters. The van der Waals surface area contributed by atoms with Gasteiger partial charge in [0.05, 0.1) is 12.2 Å². The van der Waals surface area contributed by atoms with Crippen LogP contribution in [0, 0.1) is 5.92 Å². The maximum atomic E-state index is 6.12. The average molecular weight is 287 g/mol. The smallest absolute Gasteiger partial charge is 0.142 e. The lowest BCUT2D eigenvalue weighted by Crippen LogP contribution is -2.51. The molecular formula is C17H25N3O. The molecule has 0 bridgehead atoms. The molecule has 3 aliphatic rings. The number of hydrogen-bond acceptors (Lipinski definition) is 4. The zero-order chi connectivity index (χ0) is 14.1. The number of ether oxygens (including phenoxy) is 1. The second kappa shape index (κ2) is 5.85. The average Bonchev–Trinajstić information content (AvgIpc) is 3.33. The van der Waals surface area contributed by atoms with E-state index in [1.165, 1.54) is 45.6 Å². The Hall–Kier alpha value is -1.26. The minimum Gasteiger partial charge on any atom is -0.485 e. The molecule has 21 heavy (non-hydrogen) atoms. The quantitative estimate of drug-likeness (QED) is 0.915. The Morgan fingerprint density at radius 1 is 1.00 bits per heavy atom. The molecule has 0 radical (unpaired) electrons. The van der Waals surface area contributed by atoms with Crippen molar-refractivity contribution in [3.05, 3.63) is 24.3 Å². The van der Waals surface area contributed by atoms with E-state index < -0.39 is 0 Å². The molecule has 4 rings (SSSR count). The first kappa shape index (κ1) is 13.4. The van der Waals surface area contributed by atoms with Crippen LogP contribution in [0.25, 0.3) is 0 Å². The van der Waals surface area contributed by atoms with E-state index in [0.717, 1.165) is 30.4 Å². The highest BCUT2D eigenvalue weighted by Gasteiger charge is 2.28. The molecule has 2 fully saturated rings. The maximum Gasteiger partial charge on any atom is 0.142 e. The van der Waals surface area contributed by atoms with Crippen molar-refractivity contribution in [2.45, 2.75) is 18.9 Å². The Labute approximate surface area is 127 Å². The van der Waals surface area contributed by atoms with E-state index in [2.05, 4.69) is 33.3 Å². The third kappa shape index (κ3) is 3.33. The molecule has 0 spiro atoms. The molecule has 114 valence electrons. The van der Waals surface area contributed by atoms with Gasteiger partial charge in [-0.1, -0.05) is 12.1 Å². The number of nitrogens with one attached hydrogen (secondary N) is 1. The van der Waals surface area contributed by atoms with Crippen molar-refractivity contribution in [1.82, 2.24) is 9.80 Å². The zero-order valence-corrected chi connectivity index (χ0v) is 12.6. The molecule has 2 heterocycles. The van der Waals surface area contributed by atoms with Gasteiger partial charge in [-0.3, -0.25) is 4.90 Å². The molecule has 1 unspecified atom stereocenters. The van der Waals surface area contributed by atoms with Crippen LogP contribution in [0.5, 0.6) is 5.75 Å². The molecule has 2 aliphatic heterocycles. The summed E-state index contributed by atoms with van der Waals surface area (Å²) in [5, 5.41) is 3.48. The summed E-state index contributed by atoms with van der Waals surface area (Å²) in [4.78, 5) is 5.20. The Bertz CT molecular complexity index is 481. The van der Waals surface area contributed by atoms with E-state index in [-0.39, 0.29) is 6.10 Å². The highest BCUT2D eigenvalue weighted by atomic mass is 16.5. The first-order valence-corrected chi connectivity index (χ1v) is 8.31. The van der Waals surface area contributed by atoms with Gasteiger partial charge >= 0.3 is 0 Å². The van der Waals surface area contributed by atoms with Crippen molar-refractivity contribution < 1.29 is 4.74 Å². The van der Waals surface area contributed by atoms with Crippen LogP contribution in [-0.4, -0.2) is 61.7 Å². The van der Waals surface area contributed by atoms with E-state index in [4.69, 9.17) is 4.74 Å². The summed E-state index contributed by atoms with van der Waals surface area (Å²) < 4.78 is 6.12. The van der Waals surface area contributed by atoms with Gasteiger partial charge in [-0.05, 0) is 30.9 Å². The lowest BCUT2D eigenvalue weighted by molar-refractivity contribution is 0.0842. The Morgan fingerprint density at radius 3 is 2.48 bits per heavy atom. The highest BCUT2D eigenvalue weighted by molar-refractivity contribution is 5.57. The topological polar surface area (TPSA) is 27.7 Å². The van der Waals surface area contributed by atoms with Gasteiger partial charge in [0, 0.05) is 39.3 Å². The van der Waals surface area contributed by atoms with E-state index in [1.54, 1.807) is 0 Å². The third-order valence-electron chi connectivity index (χ3n) is 4.84. The standard InChI is InChI=1S/C17H25N3O/c1-2-4-17-16(3-1)18-11-15(21-17)13-20-9-7-19(8-10-20)12-14-5-6-14/h1-4,14-15,18H,5-13H2. The van der Waals surface area contributed by atoms with E-state index in [9.17, 15) is 0 Å². The second-order valence-electron chi connectivity index (χ2n) is 6.66. The molecule has 1 aromatic carbocycles. The van der Waals surface area contributed by atoms with Crippen LogP contribution in [0.4, 0.5) is 5.69 Å². The van der Waals surface area contributed by atoms with Crippen LogP contribution >= 0.6 is 0 Å². The largest absolute Gasteiger partial charge is 0.485 e. The summed E-state index contributed by atoms with van der Waals surface area (Å²) >= 11 is 0. The van der Waals surface area contributed by atoms with Crippen molar-refractivity contribution in [2.75, 3.05) is 51.1 Å². The fourth-order valence-corrected chi connectivity index (χ4v) is 3.37. The lowest BCUT2D eigenvalue weighted by Gasteiger charge is -2.37. The molecule has 1 saturated heterocycles. The first-order valence-electron chi connectivity index (χ1n) is 8.31. The minimum absolute atomic E-state index is 0.273. The number of hydrogen-bond donors (Lipinski definition) is 1. The van der Waals surface area contributed by atoms with Gasteiger partial charge in [-0.25, -0.2) is 0 Å². The van der Waals surface area contributed by atoms with Gasteiger partial charge in [0.15, 0.2) is 0 Å². The number of fused-ring (bicyclic) bond motifs is 1. The van der Waals surface area contributed by atoms with Crippen molar-refractivity contribution in [3.63, 3.8) is 0 Å². The molecule has 1 saturated carbocycles. The Balaban J connectivity index is 1.26. The first-order chi connectivity index (χ1) is 10.4. The zero-order valence-electron chi connectivity index (χ0n) is 12.6.